The van der Waals surface area contributed by atoms with Gasteiger partial charge in [-0.2, -0.15) is 4.31 Å². The Morgan fingerprint density at radius 3 is 2.64 bits per heavy atom. The standard InChI is InChI=1S/C15H22N2O4S/c1-12(18)11-16-15(19)13-6-5-7-14(10-13)22(20,21)17-8-3-2-4-9-17/h5-7,10,12,18H,2-4,8-9,11H2,1H3,(H,16,19). The highest BCUT2D eigenvalue weighted by Gasteiger charge is 2.26. The lowest BCUT2D eigenvalue weighted by atomic mass is 10.2. The van der Waals surface area contributed by atoms with E-state index in [9.17, 15) is 18.3 Å². The van der Waals surface area contributed by atoms with Crippen molar-refractivity contribution in [2.75, 3.05) is 19.6 Å². The zero-order chi connectivity index (χ0) is 16.2. The molecular weight excluding hydrogens is 304 g/mol. The van der Waals surface area contributed by atoms with E-state index in [-0.39, 0.29) is 17.0 Å². The summed E-state index contributed by atoms with van der Waals surface area (Å²) in [6.07, 6.45) is 2.14. The van der Waals surface area contributed by atoms with E-state index < -0.39 is 22.0 Å². The molecule has 2 N–H and O–H groups in total. The van der Waals surface area contributed by atoms with E-state index in [1.165, 1.54) is 16.4 Å². The number of nitrogens with zero attached hydrogens (tertiary/aromatic N) is 1. The summed E-state index contributed by atoms with van der Waals surface area (Å²) in [5.74, 6) is -0.392. The molecule has 1 unspecified atom stereocenters. The Bertz CT molecular complexity index is 622. The number of sulfonamides is 1. The molecule has 1 amide bonds. The van der Waals surface area contributed by atoms with Crippen LogP contribution in [0.1, 0.15) is 36.5 Å². The van der Waals surface area contributed by atoms with Gasteiger partial charge in [-0.05, 0) is 38.0 Å². The molecule has 1 saturated heterocycles. The molecule has 0 saturated carbocycles. The van der Waals surface area contributed by atoms with Crippen molar-refractivity contribution in [1.29, 1.82) is 0 Å². The molecule has 1 aliphatic heterocycles. The summed E-state index contributed by atoms with van der Waals surface area (Å²) < 4.78 is 26.6. The molecule has 0 aromatic heterocycles. The third-order valence-electron chi connectivity index (χ3n) is 3.61. The molecule has 1 fully saturated rings. The molecule has 1 heterocycles. The van der Waals surface area contributed by atoms with Crippen LogP contribution in [-0.4, -0.2) is 49.5 Å². The Hall–Kier alpha value is -1.44. The van der Waals surface area contributed by atoms with Crippen LogP contribution in [0.2, 0.25) is 0 Å². The number of aliphatic hydroxyl groups excluding tert-OH is 1. The van der Waals surface area contributed by atoms with Crippen LogP contribution < -0.4 is 5.32 Å². The van der Waals surface area contributed by atoms with Crippen LogP contribution in [-0.2, 0) is 10.0 Å². The number of aliphatic hydroxyl groups is 1. The molecule has 1 atom stereocenters. The third kappa shape index (κ3) is 4.06. The zero-order valence-corrected chi connectivity index (χ0v) is 13.5. The lowest BCUT2D eigenvalue weighted by Crippen LogP contribution is -2.36. The van der Waals surface area contributed by atoms with Crippen LogP contribution >= 0.6 is 0 Å². The predicted octanol–water partition coefficient (Wildman–Crippen LogP) is 0.972. The fraction of sp³-hybridized carbons (Fsp3) is 0.533. The van der Waals surface area contributed by atoms with Gasteiger partial charge in [0.05, 0.1) is 11.0 Å². The molecule has 1 aromatic rings. The average molecular weight is 326 g/mol. The molecule has 0 spiro atoms. The Morgan fingerprint density at radius 2 is 2.00 bits per heavy atom. The van der Waals surface area contributed by atoms with E-state index in [2.05, 4.69) is 5.32 Å². The van der Waals surface area contributed by atoms with Gasteiger partial charge in [-0.25, -0.2) is 8.42 Å². The number of amides is 1. The third-order valence-corrected chi connectivity index (χ3v) is 5.50. The predicted molar refractivity (Wildman–Crippen MR) is 83.1 cm³/mol. The average Bonchev–Trinajstić information content (AvgIpc) is 2.53. The van der Waals surface area contributed by atoms with Gasteiger partial charge in [0.1, 0.15) is 0 Å². The van der Waals surface area contributed by atoms with Crippen molar-refractivity contribution in [2.45, 2.75) is 37.2 Å². The van der Waals surface area contributed by atoms with Gasteiger partial charge in [-0.3, -0.25) is 4.79 Å². The van der Waals surface area contributed by atoms with Crippen molar-refractivity contribution >= 4 is 15.9 Å². The van der Waals surface area contributed by atoms with Crippen molar-refractivity contribution in [3.63, 3.8) is 0 Å². The lowest BCUT2D eigenvalue weighted by Gasteiger charge is -2.26. The first-order valence-corrected chi connectivity index (χ1v) is 8.92. The second kappa shape index (κ2) is 7.21. The van der Waals surface area contributed by atoms with Crippen molar-refractivity contribution in [1.82, 2.24) is 9.62 Å². The molecule has 122 valence electrons. The minimum absolute atomic E-state index is 0.127. The zero-order valence-electron chi connectivity index (χ0n) is 12.7. The number of nitrogens with one attached hydrogen (secondary N) is 1. The summed E-state index contributed by atoms with van der Waals surface area (Å²) in [5, 5.41) is 11.7. The Labute approximate surface area is 131 Å². The first kappa shape index (κ1) is 16.9. The maximum Gasteiger partial charge on any atom is 0.251 e. The number of benzene rings is 1. The molecule has 1 aromatic carbocycles. The highest BCUT2D eigenvalue weighted by molar-refractivity contribution is 7.89. The number of hydrogen-bond acceptors (Lipinski definition) is 4. The van der Waals surface area contributed by atoms with E-state index in [1.54, 1.807) is 19.1 Å². The second-order valence-electron chi connectivity index (χ2n) is 5.55. The van der Waals surface area contributed by atoms with Crippen molar-refractivity contribution in [3.05, 3.63) is 29.8 Å². The maximum absolute atomic E-state index is 12.6. The SMILES string of the molecule is CC(O)CNC(=O)c1cccc(S(=O)(=O)N2CCCCC2)c1. The van der Waals surface area contributed by atoms with E-state index in [1.807, 2.05) is 0 Å². The van der Waals surface area contributed by atoms with Gasteiger partial charge in [0.15, 0.2) is 0 Å². The fourth-order valence-electron chi connectivity index (χ4n) is 2.39. The molecule has 22 heavy (non-hydrogen) atoms. The molecule has 2 rings (SSSR count). The minimum Gasteiger partial charge on any atom is -0.392 e. The second-order valence-corrected chi connectivity index (χ2v) is 7.49. The van der Waals surface area contributed by atoms with Crippen LogP contribution in [0.4, 0.5) is 0 Å². The van der Waals surface area contributed by atoms with Crippen molar-refractivity contribution < 1.29 is 18.3 Å². The molecule has 0 bridgehead atoms. The number of carbonyl (C=O) groups is 1. The van der Waals surface area contributed by atoms with Gasteiger partial charge in [0, 0.05) is 25.2 Å². The molecule has 0 radical (unpaired) electrons. The number of hydrogen-bond donors (Lipinski definition) is 2. The maximum atomic E-state index is 12.6. The van der Waals surface area contributed by atoms with E-state index in [0.29, 0.717) is 13.1 Å². The summed E-state index contributed by atoms with van der Waals surface area (Å²) in [5.41, 5.74) is 0.277. The van der Waals surface area contributed by atoms with Gasteiger partial charge in [-0.15, -0.1) is 0 Å². The monoisotopic (exact) mass is 326 g/mol. The first-order chi connectivity index (χ1) is 10.4. The lowest BCUT2D eigenvalue weighted by molar-refractivity contribution is 0.0924. The highest BCUT2D eigenvalue weighted by Crippen LogP contribution is 2.21. The Morgan fingerprint density at radius 1 is 1.32 bits per heavy atom. The quantitative estimate of drug-likeness (QED) is 0.844. The topological polar surface area (TPSA) is 86.7 Å². The van der Waals surface area contributed by atoms with Crippen molar-refractivity contribution in [2.24, 2.45) is 0 Å². The van der Waals surface area contributed by atoms with Crippen LogP contribution in [0.5, 0.6) is 0 Å². The number of piperidine rings is 1. The van der Waals surface area contributed by atoms with Gasteiger partial charge in [-0.1, -0.05) is 12.5 Å². The van der Waals surface area contributed by atoms with Crippen LogP contribution in [0.25, 0.3) is 0 Å². The van der Waals surface area contributed by atoms with Gasteiger partial charge >= 0.3 is 0 Å². The Balaban J connectivity index is 2.18. The Kier molecular flexibility index (Phi) is 5.55. The molecule has 1 aliphatic rings. The van der Waals surface area contributed by atoms with Gasteiger partial charge in [0.2, 0.25) is 10.0 Å². The number of carbonyl (C=O) groups excluding carboxylic acids is 1. The van der Waals surface area contributed by atoms with E-state index in [4.69, 9.17) is 0 Å². The normalized spacial score (nSPS) is 17.9. The molecule has 6 nitrogen and oxygen atoms in total. The largest absolute Gasteiger partial charge is 0.392 e. The molecule has 7 heteroatoms. The molecular formula is C15H22N2O4S. The number of rotatable bonds is 5. The van der Waals surface area contributed by atoms with Gasteiger partial charge in [0.25, 0.3) is 5.91 Å². The smallest absolute Gasteiger partial charge is 0.251 e. The summed E-state index contributed by atoms with van der Waals surface area (Å²) >= 11 is 0. The fourth-order valence-corrected chi connectivity index (χ4v) is 3.96. The van der Waals surface area contributed by atoms with Crippen LogP contribution in [0.3, 0.4) is 0 Å². The summed E-state index contributed by atoms with van der Waals surface area (Å²) in [6.45, 7) is 2.75. The van der Waals surface area contributed by atoms with E-state index >= 15 is 0 Å². The highest BCUT2D eigenvalue weighted by atomic mass is 32.2. The van der Waals surface area contributed by atoms with Crippen LogP contribution in [0.15, 0.2) is 29.2 Å². The first-order valence-electron chi connectivity index (χ1n) is 7.48. The summed E-state index contributed by atoms with van der Waals surface area (Å²) in [6, 6.07) is 6.03. The van der Waals surface area contributed by atoms with Crippen molar-refractivity contribution in [3.8, 4) is 0 Å². The van der Waals surface area contributed by atoms with Gasteiger partial charge < -0.3 is 10.4 Å². The van der Waals surface area contributed by atoms with E-state index in [0.717, 1.165) is 19.3 Å². The summed E-state index contributed by atoms with van der Waals surface area (Å²) in [4.78, 5) is 12.1. The minimum atomic E-state index is -3.55. The van der Waals surface area contributed by atoms with Crippen LogP contribution in [0, 0.1) is 0 Å². The molecule has 0 aliphatic carbocycles. The summed E-state index contributed by atoms with van der Waals surface area (Å²) in [7, 11) is -3.55.